The number of nitrogens with one attached hydrogen (secondary N) is 1. The molecule has 1 atom stereocenters. The van der Waals surface area contributed by atoms with E-state index >= 15 is 0 Å². The number of nitrogens with two attached hydrogens (primary N) is 1. The van der Waals surface area contributed by atoms with E-state index < -0.39 is 10.0 Å². The fraction of sp³-hybridized carbons (Fsp3) is 0.632. The van der Waals surface area contributed by atoms with Crippen LogP contribution in [0.25, 0.3) is 0 Å². The van der Waals surface area contributed by atoms with Gasteiger partial charge >= 0.3 is 0 Å². The van der Waals surface area contributed by atoms with Crippen molar-refractivity contribution < 1.29 is 22.7 Å². The first-order valence-corrected chi connectivity index (χ1v) is 11.3. The fourth-order valence-corrected chi connectivity index (χ4v) is 4.37. The summed E-state index contributed by atoms with van der Waals surface area (Å²) >= 11 is 0. The van der Waals surface area contributed by atoms with Crippen molar-refractivity contribution >= 4 is 15.9 Å². The number of carbonyl (C=O) groups is 1. The second kappa shape index (κ2) is 10.6. The molecule has 0 spiro atoms. The Bertz CT molecular complexity index is 754. The number of nitrogens with zero attached hydrogens (tertiary/aromatic N) is 1. The van der Waals surface area contributed by atoms with Crippen molar-refractivity contribution in [2.45, 2.75) is 38.0 Å². The largest absolute Gasteiger partial charge is 0.490 e. The van der Waals surface area contributed by atoms with Gasteiger partial charge in [-0.3, -0.25) is 4.79 Å². The molecule has 0 radical (unpaired) electrons. The van der Waals surface area contributed by atoms with Crippen molar-refractivity contribution in [2.75, 3.05) is 39.4 Å². The van der Waals surface area contributed by atoms with Crippen LogP contribution in [0, 0.1) is 5.92 Å². The first-order chi connectivity index (χ1) is 13.4. The molecular weight excluding hydrogens is 382 g/mol. The average molecular weight is 414 g/mol. The molecule has 28 heavy (non-hydrogen) atoms. The van der Waals surface area contributed by atoms with Crippen LogP contribution in [0.1, 0.15) is 33.1 Å². The number of hydrogen-bond donors (Lipinski definition) is 2. The fourth-order valence-electron chi connectivity index (χ4n) is 3.28. The minimum atomic E-state index is -3.64. The number of carbonyl (C=O) groups excluding carboxylic acids is 1. The highest BCUT2D eigenvalue weighted by Crippen LogP contribution is 2.30. The second-order valence-corrected chi connectivity index (χ2v) is 8.53. The van der Waals surface area contributed by atoms with Gasteiger partial charge in [-0.15, -0.1) is 0 Å². The van der Waals surface area contributed by atoms with Crippen LogP contribution in [0.5, 0.6) is 11.5 Å². The third kappa shape index (κ3) is 6.35. The van der Waals surface area contributed by atoms with Gasteiger partial charge in [0, 0.05) is 19.2 Å². The molecule has 1 aromatic rings. The van der Waals surface area contributed by atoms with E-state index in [-0.39, 0.29) is 16.7 Å². The molecule has 8 nitrogen and oxygen atoms in total. The number of amides is 1. The number of ether oxygens (including phenoxy) is 2. The summed E-state index contributed by atoms with van der Waals surface area (Å²) in [4.78, 5) is 13.7. The summed E-state index contributed by atoms with van der Waals surface area (Å²) in [7, 11) is -3.64. The van der Waals surface area contributed by atoms with Crippen molar-refractivity contribution in [2.24, 2.45) is 11.7 Å². The van der Waals surface area contributed by atoms with Crippen LogP contribution in [-0.4, -0.2) is 58.6 Å². The lowest BCUT2D eigenvalue weighted by Gasteiger charge is -2.31. The molecule has 0 aromatic heterocycles. The molecule has 0 saturated carbocycles. The molecule has 2 rings (SSSR count). The van der Waals surface area contributed by atoms with Crippen molar-refractivity contribution in [1.29, 1.82) is 0 Å². The number of primary amides is 1. The van der Waals surface area contributed by atoms with Crippen LogP contribution in [0.2, 0.25) is 0 Å². The van der Waals surface area contributed by atoms with Crippen molar-refractivity contribution in [3.05, 3.63) is 18.2 Å². The molecule has 1 unspecified atom stereocenters. The van der Waals surface area contributed by atoms with Gasteiger partial charge in [-0.05, 0) is 58.3 Å². The Morgan fingerprint density at radius 1 is 1.25 bits per heavy atom. The summed E-state index contributed by atoms with van der Waals surface area (Å²) in [6, 6.07) is 4.61. The first-order valence-electron chi connectivity index (χ1n) is 9.78. The molecule has 0 aliphatic carbocycles. The summed E-state index contributed by atoms with van der Waals surface area (Å²) in [5, 5.41) is 0. The minimum absolute atomic E-state index is 0.105. The zero-order valence-corrected chi connectivity index (χ0v) is 17.5. The normalized spacial score (nSPS) is 18.0. The van der Waals surface area contributed by atoms with Crippen molar-refractivity contribution in [3.8, 4) is 11.5 Å². The molecule has 1 amide bonds. The Balaban J connectivity index is 1.89. The summed E-state index contributed by atoms with van der Waals surface area (Å²) in [6.45, 7) is 7.17. The van der Waals surface area contributed by atoms with Gasteiger partial charge < -0.3 is 20.1 Å². The number of hydrogen-bond acceptors (Lipinski definition) is 6. The molecule has 1 heterocycles. The van der Waals surface area contributed by atoms with E-state index in [1.54, 1.807) is 6.07 Å². The first kappa shape index (κ1) is 22.4. The topological polar surface area (TPSA) is 111 Å². The Labute approximate surface area is 167 Å². The van der Waals surface area contributed by atoms with Crippen LogP contribution in [-0.2, 0) is 14.8 Å². The lowest BCUT2D eigenvalue weighted by atomic mass is 9.97. The third-order valence-electron chi connectivity index (χ3n) is 4.68. The number of rotatable bonds is 11. The van der Waals surface area contributed by atoms with Crippen molar-refractivity contribution in [1.82, 2.24) is 9.62 Å². The predicted molar refractivity (Wildman–Crippen MR) is 107 cm³/mol. The SMILES string of the molecule is CCOc1ccc(S(=O)(=O)NCCCN2CCCC(C(N)=O)C2)cc1OCC. The highest BCUT2D eigenvalue weighted by atomic mass is 32.2. The Morgan fingerprint density at radius 3 is 2.64 bits per heavy atom. The maximum Gasteiger partial charge on any atom is 0.240 e. The van der Waals surface area contributed by atoms with Gasteiger partial charge in [0.1, 0.15) is 0 Å². The second-order valence-electron chi connectivity index (χ2n) is 6.77. The summed E-state index contributed by atoms with van der Waals surface area (Å²) in [5.41, 5.74) is 5.39. The average Bonchev–Trinajstić information content (AvgIpc) is 2.67. The van der Waals surface area contributed by atoms with Gasteiger partial charge in [0.25, 0.3) is 0 Å². The number of likely N-dealkylation sites (tertiary alicyclic amines) is 1. The molecule has 0 bridgehead atoms. The van der Waals surface area contributed by atoms with Crippen molar-refractivity contribution in [3.63, 3.8) is 0 Å². The van der Waals surface area contributed by atoms with Gasteiger partial charge in [0.05, 0.1) is 24.0 Å². The smallest absolute Gasteiger partial charge is 0.240 e. The molecule has 1 fully saturated rings. The van der Waals surface area contributed by atoms with E-state index in [1.165, 1.54) is 12.1 Å². The van der Waals surface area contributed by atoms with Gasteiger partial charge in [-0.2, -0.15) is 0 Å². The summed E-state index contributed by atoms with van der Waals surface area (Å²) in [6.07, 6.45) is 2.42. The molecule has 1 aliphatic rings. The molecule has 1 saturated heterocycles. The van der Waals surface area contributed by atoms with Crippen LogP contribution in [0.4, 0.5) is 0 Å². The van der Waals surface area contributed by atoms with E-state index in [0.29, 0.717) is 44.2 Å². The zero-order chi connectivity index (χ0) is 20.6. The maximum absolute atomic E-state index is 12.6. The van der Waals surface area contributed by atoms with Crippen LogP contribution in [0.15, 0.2) is 23.1 Å². The summed E-state index contributed by atoms with van der Waals surface area (Å²) in [5.74, 6) is 0.577. The molecular formula is C19H31N3O5S. The van der Waals surface area contributed by atoms with Gasteiger partial charge in [0.2, 0.25) is 15.9 Å². The van der Waals surface area contributed by atoms with E-state index in [0.717, 1.165) is 25.9 Å². The lowest BCUT2D eigenvalue weighted by Crippen LogP contribution is -2.42. The predicted octanol–water partition coefficient (Wildman–Crippen LogP) is 1.35. The van der Waals surface area contributed by atoms with Gasteiger partial charge in [-0.1, -0.05) is 0 Å². The van der Waals surface area contributed by atoms with Gasteiger partial charge in [-0.25, -0.2) is 13.1 Å². The molecule has 1 aromatic carbocycles. The van der Waals surface area contributed by atoms with E-state index in [9.17, 15) is 13.2 Å². The van der Waals surface area contributed by atoms with Gasteiger partial charge in [0.15, 0.2) is 11.5 Å². The minimum Gasteiger partial charge on any atom is -0.490 e. The standard InChI is InChI=1S/C19H31N3O5S/c1-3-26-17-9-8-16(13-18(17)27-4-2)28(24,25)21-10-6-12-22-11-5-7-15(14-22)19(20)23/h8-9,13,15,21H,3-7,10-12,14H2,1-2H3,(H2,20,23). The number of piperidine rings is 1. The highest BCUT2D eigenvalue weighted by molar-refractivity contribution is 7.89. The molecule has 1 aliphatic heterocycles. The van der Waals surface area contributed by atoms with E-state index in [2.05, 4.69) is 9.62 Å². The molecule has 158 valence electrons. The Kier molecular flexibility index (Phi) is 8.53. The van der Waals surface area contributed by atoms with E-state index in [4.69, 9.17) is 15.2 Å². The summed E-state index contributed by atoms with van der Waals surface area (Å²) < 4.78 is 38.7. The third-order valence-corrected chi connectivity index (χ3v) is 6.13. The quantitative estimate of drug-likeness (QED) is 0.530. The molecule has 3 N–H and O–H groups in total. The number of benzene rings is 1. The Morgan fingerprint density at radius 2 is 1.96 bits per heavy atom. The van der Waals surface area contributed by atoms with Crippen LogP contribution < -0.4 is 19.9 Å². The highest BCUT2D eigenvalue weighted by Gasteiger charge is 2.23. The zero-order valence-electron chi connectivity index (χ0n) is 16.6. The van der Waals surface area contributed by atoms with Crippen LogP contribution in [0.3, 0.4) is 0 Å². The van der Waals surface area contributed by atoms with Crippen LogP contribution >= 0.6 is 0 Å². The monoisotopic (exact) mass is 413 g/mol. The lowest BCUT2D eigenvalue weighted by molar-refractivity contribution is -0.123. The Hall–Kier alpha value is -1.84. The number of sulfonamides is 1. The maximum atomic E-state index is 12.6. The molecule has 9 heteroatoms. The van der Waals surface area contributed by atoms with E-state index in [1.807, 2.05) is 13.8 Å².